The second-order valence-electron chi connectivity index (χ2n) is 5.62. The standard InChI is InChI=1S/C20H22FNO5/c1-25-15-7-9-16(10-8-15)27-14-13-22(12-11-19(23)26-2)20(24)17-5-3-4-6-18(17)21/h3-10H,11-14H2,1-2H3. The fraction of sp³-hybridized carbons (Fsp3) is 0.300. The first-order valence-corrected chi connectivity index (χ1v) is 8.42. The Morgan fingerprint density at radius 2 is 1.63 bits per heavy atom. The molecule has 0 aromatic heterocycles. The summed E-state index contributed by atoms with van der Waals surface area (Å²) in [6.45, 7) is 0.482. The third-order valence-electron chi connectivity index (χ3n) is 3.89. The Hall–Kier alpha value is -3.09. The highest BCUT2D eigenvalue weighted by molar-refractivity contribution is 5.94. The summed E-state index contributed by atoms with van der Waals surface area (Å²) in [5, 5.41) is 0. The summed E-state index contributed by atoms with van der Waals surface area (Å²) in [4.78, 5) is 25.4. The highest BCUT2D eigenvalue weighted by atomic mass is 19.1. The molecule has 144 valence electrons. The number of carbonyl (C=O) groups excluding carboxylic acids is 2. The molecule has 7 heteroatoms. The Morgan fingerprint density at radius 1 is 0.963 bits per heavy atom. The van der Waals surface area contributed by atoms with E-state index in [1.54, 1.807) is 37.4 Å². The number of rotatable bonds is 9. The fourth-order valence-corrected chi connectivity index (χ4v) is 2.39. The van der Waals surface area contributed by atoms with Gasteiger partial charge in [0.25, 0.3) is 5.91 Å². The van der Waals surface area contributed by atoms with Crippen LogP contribution in [0.15, 0.2) is 48.5 Å². The van der Waals surface area contributed by atoms with Crippen molar-refractivity contribution in [1.82, 2.24) is 4.90 Å². The zero-order valence-corrected chi connectivity index (χ0v) is 15.3. The third kappa shape index (κ3) is 5.99. The Kier molecular flexibility index (Phi) is 7.61. The minimum absolute atomic E-state index is 0.0131. The molecule has 0 atom stereocenters. The van der Waals surface area contributed by atoms with Crippen molar-refractivity contribution in [2.45, 2.75) is 6.42 Å². The quantitative estimate of drug-likeness (QED) is 0.631. The van der Waals surface area contributed by atoms with E-state index < -0.39 is 17.7 Å². The molecular formula is C20H22FNO5. The number of esters is 1. The second-order valence-corrected chi connectivity index (χ2v) is 5.62. The number of nitrogens with zero attached hydrogens (tertiary/aromatic N) is 1. The van der Waals surface area contributed by atoms with Gasteiger partial charge >= 0.3 is 5.97 Å². The molecule has 0 unspecified atom stereocenters. The van der Waals surface area contributed by atoms with Crippen molar-refractivity contribution >= 4 is 11.9 Å². The number of hydrogen-bond donors (Lipinski definition) is 0. The summed E-state index contributed by atoms with van der Waals surface area (Å²) >= 11 is 0. The van der Waals surface area contributed by atoms with Crippen LogP contribution in [0.3, 0.4) is 0 Å². The number of hydrogen-bond acceptors (Lipinski definition) is 5. The van der Waals surface area contributed by atoms with E-state index in [-0.39, 0.29) is 31.7 Å². The number of ether oxygens (including phenoxy) is 3. The molecule has 2 rings (SSSR count). The van der Waals surface area contributed by atoms with Crippen LogP contribution in [0, 0.1) is 5.82 Å². The molecule has 0 N–H and O–H groups in total. The molecule has 27 heavy (non-hydrogen) atoms. The highest BCUT2D eigenvalue weighted by Gasteiger charge is 2.20. The zero-order valence-electron chi connectivity index (χ0n) is 15.3. The van der Waals surface area contributed by atoms with Gasteiger partial charge in [-0.15, -0.1) is 0 Å². The molecule has 0 aliphatic rings. The Bertz CT molecular complexity index is 763. The summed E-state index contributed by atoms with van der Waals surface area (Å²) in [5.41, 5.74) is -0.0492. The van der Waals surface area contributed by atoms with Gasteiger partial charge in [-0.05, 0) is 36.4 Å². The van der Waals surface area contributed by atoms with E-state index in [1.807, 2.05) is 0 Å². The Morgan fingerprint density at radius 3 is 2.26 bits per heavy atom. The van der Waals surface area contributed by atoms with Gasteiger partial charge in [-0.2, -0.15) is 0 Å². The molecule has 2 aromatic carbocycles. The van der Waals surface area contributed by atoms with E-state index in [2.05, 4.69) is 4.74 Å². The second kappa shape index (κ2) is 10.2. The first-order valence-electron chi connectivity index (χ1n) is 8.42. The number of amides is 1. The molecule has 0 heterocycles. The molecule has 0 aliphatic heterocycles. The maximum atomic E-state index is 13.9. The zero-order chi connectivity index (χ0) is 19.6. The molecule has 0 radical (unpaired) electrons. The lowest BCUT2D eigenvalue weighted by atomic mass is 10.2. The van der Waals surface area contributed by atoms with E-state index in [1.165, 1.54) is 30.2 Å². The molecule has 2 aromatic rings. The summed E-state index contributed by atoms with van der Waals surface area (Å²) < 4.78 is 29.3. The van der Waals surface area contributed by atoms with Crippen molar-refractivity contribution in [1.29, 1.82) is 0 Å². The molecule has 0 spiro atoms. The van der Waals surface area contributed by atoms with Crippen LogP contribution in [0.2, 0.25) is 0 Å². The van der Waals surface area contributed by atoms with Crippen LogP contribution in [0.5, 0.6) is 11.5 Å². The lowest BCUT2D eigenvalue weighted by Crippen LogP contribution is -2.37. The number of halogens is 1. The van der Waals surface area contributed by atoms with Crippen LogP contribution >= 0.6 is 0 Å². The van der Waals surface area contributed by atoms with Gasteiger partial charge in [0.15, 0.2) is 0 Å². The van der Waals surface area contributed by atoms with Crippen molar-refractivity contribution in [3.8, 4) is 11.5 Å². The lowest BCUT2D eigenvalue weighted by Gasteiger charge is -2.22. The first-order chi connectivity index (χ1) is 13.0. The van der Waals surface area contributed by atoms with Crippen LogP contribution in [-0.2, 0) is 9.53 Å². The lowest BCUT2D eigenvalue weighted by molar-refractivity contribution is -0.140. The maximum Gasteiger partial charge on any atom is 0.307 e. The normalized spacial score (nSPS) is 10.2. The summed E-state index contributed by atoms with van der Waals surface area (Å²) in [7, 11) is 2.85. The summed E-state index contributed by atoms with van der Waals surface area (Å²) in [6, 6.07) is 12.7. The van der Waals surface area contributed by atoms with Gasteiger partial charge < -0.3 is 19.1 Å². The van der Waals surface area contributed by atoms with Crippen molar-refractivity contribution < 1.29 is 28.2 Å². The van der Waals surface area contributed by atoms with E-state index in [0.717, 1.165) is 0 Å². The number of methoxy groups -OCH3 is 2. The first kappa shape index (κ1) is 20.2. The maximum absolute atomic E-state index is 13.9. The van der Waals surface area contributed by atoms with Crippen LogP contribution < -0.4 is 9.47 Å². The topological polar surface area (TPSA) is 65.1 Å². The van der Waals surface area contributed by atoms with Gasteiger partial charge in [-0.3, -0.25) is 9.59 Å². The SMILES string of the molecule is COC(=O)CCN(CCOc1ccc(OC)cc1)C(=O)c1ccccc1F. The van der Waals surface area contributed by atoms with Crippen molar-refractivity contribution in [2.75, 3.05) is 33.9 Å². The molecule has 0 fully saturated rings. The van der Waals surface area contributed by atoms with Gasteiger partial charge in [0.2, 0.25) is 0 Å². The predicted molar refractivity (Wildman–Crippen MR) is 97.4 cm³/mol. The van der Waals surface area contributed by atoms with Gasteiger partial charge in [-0.25, -0.2) is 4.39 Å². The van der Waals surface area contributed by atoms with Crippen LogP contribution in [-0.4, -0.2) is 50.7 Å². The molecule has 0 bridgehead atoms. The van der Waals surface area contributed by atoms with E-state index in [9.17, 15) is 14.0 Å². The average molecular weight is 375 g/mol. The van der Waals surface area contributed by atoms with Crippen molar-refractivity contribution in [3.63, 3.8) is 0 Å². The van der Waals surface area contributed by atoms with Crippen LogP contribution in [0.25, 0.3) is 0 Å². The van der Waals surface area contributed by atoms with E-state index >= 15 is 0 Å². The van der Waals surface area contributed by atoms with Crippen molar-refractivity contribution in [3.05, 3.63) is 59.9 Å². The minimum Gasteiger partial charge on any atom is -0.497 e. The fourth-order valence-electron chi connectivity index (χ4n) is 2.39. The van der Waals surface area contributed by atoms with Crippen molar-refractivity contribution in [2.24, 2.45) is 0 Å². The molecule has 6 nitrogen and oxygen atoms in total. The average Bonchev–Trinajstić information content (AvgIpc) is 2.70. The monoisotopic (exact) mass is 375 g/mol. The largest absolute Gasteiger partial charge is 0.497 e. The summed E-state index contributed by atoms with van der Waals surface area (Å²) in [6.07, 6.45) is 0.0131. The van der Waals surface area contributed by atoms with Crippen LogP contribution in [0.1, 0.15) is 16.8 Å². The minimum atomic E-state index is -0.610. The van der Waals surface area contributed by atoms with Crippen LogP contribution in [0.4, 0.5) is 4.39 Å². The van der Waals surface area contributed by atoms with Gasteiger partial charge in [-0.1, -0.05) is 12.1 Å². The van der Waals surface area contributed by atoms with E-state index in [0.29, 0.717) is 11.5 Å². The number of carbonyl (C=O) groups is 2. The predicted octanol–water partition coefficient (Wildman–Crippen LogP) is 2.92. The highest BCUT2D eigenvalue weighted by Crippen LogP contribution is 2.17. The molecule has 1 amide bonds. The number of benzene rings is 2. The smallest absolute Gasteiger partial charge is 0.307 e. The molecule has 0 aliphatic carbocycles. The Labute approximate surface area is 157 Å². The van der Waals surface area contributed by atoms with Gasteiger partial charge in [0, 0.05) is 6.54 Å². The van der Waals surface area contributed by atoms with E-state index in [4.69, 9.17) is 9.47 Å². The molecule has 0 saturated heterocycles. The Balaban J connectivity index is 2.01. The molecular weight excluding hydrogens is 353 g/mol. The molecule has 0 saturated carbocycles. The van der Waals surface area contributed by atoms with Gasteiger partial charge in [0.1, 0.15) is 23.9 Å². The third-order valence-corrected chi connectivity index (χ3v) is 3.89. The van der Waals surface area contributed by atoms with Gasteiger partial charge in [0.05, 0.1) is 32.7 Å². The summed E-state index contributed by atoms with van der Waals surface area (Å²) in [5.74, 6) is -0.242.